The fourth-order valence-corrected chi connectivity index (χ4v) is 2.13. The Hall–Kier alpha value is -2.63. The summed E-state index contributed by atoms with van der Waals surface area (Å²) in [6, 6.07) is 15.7. The van der Waals surface area contributed by atoms with Gasteiger partial charge in [0.25, 0.3) is 5.91 Å². The van der Waals surface area contributed by atoms with Crippen LogP contribution in [0.15, 0.2) is 42.5 Å². The number of nitrogens with one attached hydrogen (secondary N) is 1. The monoisotopic (exact) mass is 339 g/mol. The van der Waals surface area contributed by atoms with Crippen molar-refractivity contribution in [3.8, 4) is 12.1 Å². The number of carbonyl (C=O) groups is 1. The summed E-state index contributed by atoms with van der Waals surface area (Å²) in [5, 5.41) is 21.3. The number of hydrogen-bond acceptors (Lipinski definition) is 3. The fraction of sp³-hybridized carbons (Fsp3) is 0.0625. The van der Waals surface area contributed by atoms with Crippen molar-refractivity contribution in [3.05, 3.63) is 64.7 Å². The molecule has 1 N–H and O–H groups in total. The minimum atomic E-state index is -0.260. The molecule has 0 heterocycles. The zero-order chi connectivity index (χ0) is 15.2. The number of anilines is 1. The van der Waals surface area contributed by atoms with Crippen LogP contribution in [0.1, 0.15) is 27.0 Å². The summed E-state index contributed by atoms with van der Waals surface area (Å²) < 4.78 is 0. The van der Waals surface area contributed by atoms with Crippen LogP contribution in [-0.4, -0.2) is 5.91 Å². The van der Waals surface area contributed by atoms with Gasteiger partial charge in [0.15, 0.2) is 0 Å². The van der Waals surface area contributed by atoms with E-state index in [0.717, 1.165) is 10.9 Å². The average Bonchev–Trinajstić information content (AvgIpc) is 2.54. The highest BCUT2D eigenvalue weighted by atomic mass is 79.9. The lowest BCUT2D eigenvalue weighted by Gasteiger charge is -2.06. The average molecular weight is 340 g/mol. The summed E-state index contributed by atoms with van der Waals surface area (Å²) in [5.74, 6) is -0.260. The van der Waals surface area contributed by atoms with E-state index in [1.165, 1.54) is 12.1 Å². The van der Waals surface area contributed by atoms with Gasteiger partial charge in [-0.1, -0.05) is 28.1 Å². The molecule has 0 saturated heterocycles. The minimum absolute atomic E-state index is 0.241. The number of amides is 1. The number of rotatable bonds is 3. The van der Waals surface area contributed by atoms with Crippen LogP contribution < -0.4 is 5.32 Å². The first-order valence-electron chi connectivity index (χ1n) is 6.08. The molecule has 0 aliphatic heterocycles. The summed E-state index contributed by atoms with van der Waals surface area (Å²) >= 11 is 3.34. The van der Waals surface area contributed by atoms with Gasteiger partial charge in [0, 0.05) is 16.6 Å². The van der Waals surface area contributed by atoms with Crippen molar-refractivity contribution < 1.29 is 4.79 Å². The van der Waals surface area contributed by atoms with Crippen LogP contribution in [0, 0.1) is 22.7 Å². The van der Waals surface area contributed by atoms with Crippen LogP contribution in [0.3, 0.4) is 0 Å². The smallest absolute Gasteiger partial charge is 0.255 e. The molecule has 0 unspecified atom stereocenters. The van der Waals surface area contributed by atoms with Crippen LogP contribution in [0.4, 0.5) is 5.69 Å². The van der Waals surface area contributed by atoms with Crippen LogP contribution >= 0.6 is 15.9 Å². The minimum Gasteiger partial charge on any atom is -0.322 e. The van der Waals surface area contributed by atoms with Crippen LogP contribution in [0.5, 0.6) is 0 Å². The molecule has 2 aromatic rings. The van der Waals surface area contributed by atoms with Gasteiger partial charge in [0.2, 0.25) is 0 Å². The number of carbonyl (C=O) groups excluding carboxylic acids is 1. The highest BCUT2D eigenvalue weighted by Crippen LogP contribution is 2.16. The maximum absolute atomic E-state index is 12.1. The van der Waals surface area contributed by atoms with E-state index < -0.39 is 0 Å². The molecule has 0 bridgehead atoms. The molecular weight excluding hydrogens is 330 g/mol. The quantitative estimate of drug-likeness (QED) is 0.868. The number of alkyl halides is 1. The van der Waals surface area contributed by atoms with Gasteiger partial charge in [0.05, 0.1) is 11.1 Å². The van der Waals surface area contributed by atoms with E-state index in [-0.39, 0.29) is 17.0 Å². The molecule has 0 aliphatic rings. The molecule has 5 heteroatoms. The zero-order valence-corrected chi connectivity index (χ0v) is 12.5. The summed E-state index contributed by atoms with van der Waals surface area (Å²) in [7, 11) is 0. The topological polar surface area (TPSA) is 76.7 Å². The largest absolute Gasteiger partial charge is 0.322 e. The second-order valence-corrected chi connectivity index (χ2v) is 4.83. The van der Waals surface area contributed by atoms with Gasteiger partial charge in [-0.25, -0.2) is 0 Å². The number of nitrogens with zero attached hydrogens (tertiary/aromatic N) is 2. The number of halogens is 1. The molecule has 0 saturated carbocycles. The van der Waals surface area contributed by atoms with Crippen molar-refractivity contribution in [1.29, 1.82) is 10.5 Å². The van der Waals surface area contributed by atoms with Gasteiger partial charge in [-0.15, -0.1) is 0 Å². The van der Waals surface area contributed by atoms with Crippen molar-refractivity contribution in [2.45, 2.75) is 5.33 Å². The standard InChI is InChI=1S/C16H10BrN3O/c17-8-11-1-3-12(4-2-11)16(21)20-15-6-5-13(9-18)14(7-15)10-19/h1-7H,8H2,(H,20,21). The predicted molar refractivity (Wildman–Crippen MR) is 82.9 cm³/mol. The zero-order valence-electron chi connectivity index (χ0n) is 10.9. The molecule has 2 rings (SSSR count). The Balaban J connectivity index is 2.19. The lowest BCUT2D eigenvalue weighted by Crippen LogP contribution is -2.12. The Morgan fingerprint density at radius 2 is 1.71 bits per heavy atom. The molecule has 1 amide bonds. The van der Waals surface area contributed by atoms with E-state index in [2.05, 4.69) is 21.2 Å². The highest BCUT2D eigenvalue weighted by Gasteiger charge is 2.08. The van der Waals surface area contributed by atoms with Gasteiger partial charge in [-0.2, -0.15) is 10.5 Å². The van der Waals surface area contributed by atoms with Crippen molar-refractivity contribution in [1.82, 2.24) is 0 Å². The van der Waals surface area contributed by atoms with Gasteiger partial charge >= 0.3 is 0 Å². The van der Waals surface area contributed by atoms with Crippen molar-refractivity contribution >= 4 is 27.5 Å². The second kappa shape index (κ2) is 6.69. The fourth-order valence-electron chi connectivity index (χ4n) is 1.76. The molecule has 0 aliphatic carbocycles. The van der Waals surface area contributed by atoms with E-state index in [4.69, 9.17) is 10.5 Å². The third-order valence-corrected chi connectivity index (χ3v) is 3.54. The molecule has 21 heavy (non-hydrogen) atoms. The lowest BCUT2D eigenvalue weighted by atomic mass is 10.1. The summed E-state index contributed by atoms with van der Waals surface area (Å²) in [5.41, 5.74) is 2.63. The van der Waals surface area contributed by atoms with Gasteiger partial charge in [-0.05, 0) is 35.9 Å². The Kier molecular flexibility index (Phi) is 4.71. The summed E-state index contributed by atoms with van der Waals surface area (Å²) in [6.45, 7) is 0. The molecule has 2 aromatic carbocycles. The number of benzene rings is 2. The molecular formula is C16H10BrN3O. The normalized spacial score (nSPS) is 9.48. The predicted octanol–water partition coefficient (Wildman–Crippen LogP) is 3.58. The van der Waals surface area contributed by atoms with E-state index >= 15 is 0 Å². The SMILES string of the molecule is N#Cc1ccc(NC(=O)c2ccc(CBr)cc2)cc1C#N. The van der Waals surface area contributed by atoms with E-state index in [1.54, 1.807) is 18.2 Å². The Morgan fingerprint density at radius 1 is 1.05 bits per heavy atom. The third kappa shape index (κ3) is 3.47. The van der Waals surface area contributed by atoms with E-state index in [9.17, 15) is 4.79 Å². The molecule has 0 spiro atoms. The first kappa shape index (κ1) is 14.8. The maximum Gasteiger partial charge on any atom is 0.255 e. The summed E-state index contributed by atoms with van der Waals surface area (Å²) in [4.78, 5) is 12.1. The van der Waals surface area contributed by atoms with Crippen LogP contribution in [0.25, 0.3) is 0 Å². The van der Waals surface area contributed by atoms with E-state index in [0.29, 0.717) is 11.3 Å². The maximum atomic E-state index is 12.1. The first-order chi connectivity index (χ1) is 10.2. The molecule has 4 nitrogen and oxygen atoms in total. The lowest BCUT2D eigenvalue weighted by molar-refractivity contribution is 0.102. The van der Waals surface area contributed by atoms with Gasteiger partial charge < -0.3 is 5.32 Å². The Morgan fingerprint density at radius 3 is 2.29 bits per heavy atom. The van der Waals surface area contributed by atoms with Crippen LogP contribution in [-0.2, 0) is 5.33 Å². The van der Waals surface area contributed by atoms with Gasteiger partial charge in [-0.3, -0.25) is 4.79 Å². The Bertz CT molecular complexity index is 755. The highest BCUT2D eigenvalue weighted by molar-refractivity contribution is 9.08. The molecule has 0 aromatic heterocycles. The third-order valence-electron chi connectivity index (χ3n) is 2.89. The van der Waals surface area contributed by atoms with Crippen molar-refractivity contribution in [2.75, 3.05) is 5.32 Å². The molecule has 0 radical (unpaired) electrons. The van der Waals surface area contributed by atoms with Crippen molar-refractivity contribution in [3.63, 3.8) is 0 Å². The number of nitriles is 2. The molecule has 0 atom stereocenters. The summed E-state index contributed by atoms with van der Waals surface area (Å²) in [6.07, 6.45) is 0. The molecule has 0 fully saturated rings. The first-order valence-corrected chi connectivity index (χ1v) is 7.20. The number of hydrogen-bond donors (Lipinski definition) is 1. The van der Waals surface area contributed by atoms with E-state index in [1.807, 2.05) is 24.3 Å². The van der Waals surface area contributed by atoms with Gasteiger partial charge in [0.1, 0.15) is 12.1 Å². The Labute approximate surface area is 130 Å². The second-order valence-electron chi connectivity index (χ2n) is 4.27. The van der Waals surface area contributed by atoms with Crippen LogP contribution in [0.2, 0.25) is 0 Å². The molecule has 102 valence electrons. The van der Waals surface area contributed by atoms with Crippen molar-refractivity contribution in [2.24, 2.45) is 0 Å².